The van der Waals surface area contributed by atoms with E-state index in [9.17, 15) is 5.11 Å². The molecule has 0 aromatic heterocycles. The molecule has 2 nitrogen and oxygen atoms in total. The first-order chi connectivity index (χ1) is 8.49. The maximum atomic E-state index is 9.59. The number of hydrogen-bond donors (Lipinski definition) is 1. The zero-order chi connectivity index (χ0) is 13.3. The molecule has 1 aliphatic rings. The molecule has 1 heterocycles. The first kappa shape index (κ1) is 13.9. The van der Waals surface area contributed by atoms with Gasteiger partial charge < -0.3 is 10.0 Å². The van der Waals surface area contributed by atoms with Crippen LogP contribution in [0.25, 0.3) is 0 Å². The maximum absolute atomic E-state index is 9.59. The van der Waals surface area contributed by atoms with Gasteiger partial charge in [0, 0.05) is 17.6 Å². The monoisotopic (exact) mass is 311 g/mol. The predicted molar refractivity (Wildman–Crippen MR) is 79.9 cm³/mol. The Morgan fingerprint density at radius 2 is 2.06 bits per heavy atom. The summed E-state index contributed by atoms with van der Waals surface area (Å²) < 4.78 is 1.09. The van der Waals surface area contributed by atoms with Gasteiger partial charge in [-0.15, -0.1) is 0 Å². The fourth-order valence-electron chi connectivity index (χ4n) is 2.52. The van der Waals surface area contributed by atoms with Crippen molar-refractivity contribution in [2.24, 2.45) is 11.8 Å². The molecule has 1 aromatic rings. The summed E-state index contributed by atoms with van der Waals surface area (Å²) >= 11 is 3.63. The number of nitrogens with zero attached hydrogens (tertiary/aromatic N) is 1. The molecule has 3 atom stereocenters. The van der Waals surface area contributed by atoms with Crippen LogP contribution in [0.1, 0.15) is 38.9 Å². The average molecular weight is 312 g/mol. The van der Waals surface area contributed by atoms with Gasteiger partial charge in [-0.2, -0.15) is 0 Å². The second-order valence-electron chi connectivity index (χ2n) is 5.58. The van der Waals surface area contributed by atoms with Gasteiger partial charge in [-0.25, -0.2) is 0 Å². The minimum absolute atomic E-state index is 0.407. The normalized spacial score (nSPS) is 26.2. The third-order valence-corrected chi connectivity index (χ3v) is 4.76. The van der Waals surface area contributed by atoms with E-state index in [4.69, 9.17) is 0 Å². The van der Waals surface area contributed by atoms with Crippen molar-refractivity contribution in [3.8, 4) is 0 Å². The molecule has 0 bridgehead atoms. The minimum Gasteiger partial charge on any atom is -0.389 e. The van der Waals surface area contributed by atoms with Crippen LogP contribution in [0, 0.1) is 11.8 Å². The lowest BCUT2D eigenvalue weighted by Crippen LogP contribution is -2.38. The first-order valence-corrected chi connectivity index (χ1v) is 7.50. The molecule has 3 heteroatoms. The van der Waals surface area contributed by atoms with Crippen molar-refractivity contribution in [1.82, 2.24) is 0 Å². The van der Waals surface area contributed by atoms with E-state index >= 15 is 0 Å². The molecule has 2 rings (SSSR count). The molecular weight excluding hydrogens is 290 g/mol. The van der Waals surface area contributed by atoms with Gasteiger partial charge in [-0.1, -0.05) is 19.9 Å². The quantitative estimate of drug-likeness (QED) is 0.893. The van der Waals surface area contributed by atoms with Crippen molar-refractivity contribution < 1.29 is 5.11 Å². The van der Waals surface area contributed by atoms with E-state index in [0.717, 1.165) is 35.0 Å². The van der Waals surface area contributed by atoms with E-state index in [-0.39, 0.29) is 0 Å². The molecule has 0 saturated carbocycles. The van der Waals surface area contributed by atoms with Crippen LogP contribution < -0.4 is 4.90 Å². The van der Waals surface area contributed by atoms with Crippen molar-refractivity contribution in [1.29, 1.82) is 0 Å². The summed E-state index contributed by atoms with van der Waals surface area (Å²) in [6.45, 7) is 8.71. The van der Waals surface area contributed by atoms with Gasteiger partial charge in [0.2, 0.25) is 0 Å². The summed E-state index contributed by atoms with van der Waals surface area (Å²) in [6, 6.07) is 6.17. The Bertz CT molecular complexity index is 419. The summed E-state index contributed by atoms with van der Waals surface area (Å²) in [4.78, 5) is 2.45. The Morgan fingerprint density at radius 1 is 1.33 bits per heavy atom. The lowest BCUT2D eigenvalue weighted by atomic mass is 9.88. The SMILES string of the molecule is CC(O)c1ccc(N2CCC(C)C(C)C2)c(Br)c1. The van der Waals surface area contributed by atoms with E-state index in [1.807, 2.05) is 12.1 Å². The van der Waals surface area contributed by atoms with Crippen molar-refractivity contribution in [2.45, 2.75) is 33.3 Å². The molecule has 0 amide bonds. The highest BCUT2D eigenvalue weighted by Crippen LogP contribution is 2.33. The van der Waals surface area contributed by atoms with E-state index < -0.39 is 6.10 Å². The number of rotatable bonds is 2. The van der Waals surface area contributed by atoms with Crippen molar-refractivity contribution in [3.05, 3.63) is 28.2 Å². The Kier molecular flexibility index (Phi) is 4.33. The van der Waals surface area contributed by atoms with Crippen LogP contribution in [0.4, 0.5) is 5.69 Å². The van der Waals surface area contributed by atoms with E-state index in [2.05, 4.69) is 40.7 Å². The minimum atomic E-state index is -0.407. The highest BCUT2D eigenvalue weighted by molar-refractivity contribution is 9.10. The summed E-state index contributed by atoms with van der Waals surface area (Å²) in [6.07, 6.45) is 0.849. The lowest BCUT2D eigenvalue weighted by Gasteiger charge is -2.37. The van der Waals surface area contributed by atoms with Crippen LogP contribution in [0.5, 0.6) is 0 Å². The van der Waals surface area contributed by atoms with Gasteiger partial charge in [0.15, 0.2) is 0 Å². The summed E-state index contributed by atoms with van der Waals surface area (Å²) in [5.41, 5.74) is 2.21. The number of benzene rings is 1. The van der Waals surface area contributed by atoms with Gasteiger partial charge in [-0.05, 0) is 58.8 Å². The van der Waals surface area contributed by atoms with Crippen molar-refractivity contribution in [3.63, 3.8) is 0 Å². The van der Waals surface area contributed by atoms with Crippen LogP contribution in [0.15, 0.2) is 22.7 Å². The maximum Gasteiger partial charge on any atom is 0.0762 e. The van der Waals surface area contributed by atoms with Gasteiger partial charge in [0.05, 0.1) is 11.8 Å². The van der Waals surface area contributed by atoms with E-state index in [1.165, 1.54) is 12.1 Å². The molecule has 1 saturated heterocycles. The number of piperidine rings is 1. The standard InChI is InChI=1S/C15H22BrNO/c1-10-6-7-17(9-11(10)2)15-5-4-13(12(3)18)8-14(15)16/h4-5,8,10-12,18H,6-7,9H2,1-3H3. The molecule has 0 radical (unpaired) electrons. The first-order valence-electron chi connectivity index (χ1n) is 6.71. The van der Waals surface area contributed by atoms with Crippen LogP contribution in [-0.2, 0) is 0 Å². The third-order valence-electron chi connectivity index (χ3n) is 4.13. The van der Waals surface area contributed by atoms with Gasteiger partial charge in [0.1, 0.15) is 0 Å². The summed E-state index contributed by atoms with van der Waals surface area (Å²) in [7, 11) is 0. The number of anilines is 1. The number of hydrogen-bond acceptors (Lipinski definition) is 2. The Hall–Kier alpha value is -0.540. The Morgan fingerprint density at radius 3 is 2.61 bits per heavy atom. The van der Waals surface area contributed by atoms with Crippen molar-refractivity contribution >= 4 is 21.6 Å². The Labute approximate surface area is 118 Å². The zero-order valence-corrected chi connectivity index (χ0v) is 12.9. The van der Waals surface area contributed by atoms with Gasteiger partial charge >= 0.3 is 0 Å². The molecule has 3 unspecified atom stereocenters. The van der Waals surface area contributed by atoms with Crippen LogP contribution in [0.2, 0.25) is 0 Å². The molecule has 1 aromatic carbocycles. The fraction of sp³-hybridized carbons (Fsp3) is 0.600. The number of halogens is 1. The zero-order valence-electron chi connectivity index (χ0n) is 11.4. The molecule has 1 fully saturated rings. The number of aliphatic hydroxyl groups is 1. The largest absolute Gasteiger partial charge is 0.389 e. The van der Waals surface area contributed by atoms with E-state index in [1.54, 1.807) is 6.92 Å². The molecular formula is C15H22BrNO. The molecule has 18 heavy (non-hydrogen) atoms. The fourth-order valence-corrected chi connectivity index (χ4v) is 3.17. The number of aliphatic hydroxyl groups excluding tert-OH is 1. The molecule has 1 N–H and O–H groups in total. The predicted octanol–water partition coefficient (Wildman–Crippen LogP) is 3.98. The van der Waals surface area contributed by atoms with Crippen molar-refractivity contribution in [2.75, 3.05) is 18.0 Å². The Balaban J connectivity index is 2.19. The van der Waals surface area contributed by atoms with Crippen LogP contribution in [0.3, 0.4) is 0 Å². The second-order valence-corrected chi connectivity index (χ2v) is 6.43. The molecule has 100 valence electrons. The highest BCUT2D eigenvalue weighted by atomic mass is 79.9. The molecule has 0 spiro atoms. The lowest BCUT2D eigenvalue weighted by molar-refractivity contribution is 0.199. The third kappa shape index (κ3) is 2.89. The van der Waals surface area contributed by atoms with Gasteiger partial charge in [0.25, 0.3) is 0 Å². The highest BCUT2D eigenvalue weighted by Gasteiger charge is 2.24. The molecule has 0 aliphatic carbocycles. The second kappa shape index (κ2) is 5.62. The van der Waals surface area contributed by atoms with Crippen LogP contribution in [-0.4, -0.2) is 18.2 Å². The van der Waals surface area contributed by atoms with E-state index in [0.29, 0.717) is 0 Å². The summed E-state index contributed by atoms with van der Waals surface area (Å²) in [5.74, 6) is 1.55. The smallest absolute Gasteiger partial charge is 0.0762 e. The van der Waals surface area contributed by atoms with Gasteiger partial charge in [-0.3, -0.25) is 0 Å². The summed E-state index contributed by atoms with van der Waals surface area (Å²) in [5, 5.41) is 9.59. The average Bonchev–Trinajstić information content (AvgIpc) is 2.32. The van der Waals surface area contributed by atoms with Crippen LogP contribution >= 0.6 is 15.9 Å². The molecule has 1 aliphatic heterocycles. The topological polar surface area (TPSA) is 23.5 Å².